The van der Waals surface area contributed by atoms with Crippen LogP contribution in [0, 0.1) is 12.8 Å². The van der Waals surface area contributed by atoms with Crippen LogP contribution in [0.4, 0.5) is 0 Å². The molecule has 1 aliphatic carbocycles. The van der Waals surface area contributed by atoms with Crippen molar-refractivity contribution >= 4 is 10.0 Å². The molecule has 1 saturated carbocycles. The first-order valence-electron chi connectivity index (χ1n) is 7.67. The molecular weight excluding hydrogens is 286 g/mol. The maximum absolute atomic E-state index is 12.5. The Morgan fingerprint density at radius 3 is 2.57 bits per heavy atom. The van der Waals surface area contributed by atoms with Gasteiger partial charge in [0.15, 0.2) is 0 Å². The highest BCUT2D eigenvalue weighted by Gasteiger charge is 2.25. The third-order valence-corrected chi connectivity index (χ3v) is 6.06. The largest absolute Gasteiger partial charge is 0.392 e. The lowest BCUT2D eigenvalue weighted by atomic mass is 9.85. The molecule has 21 heavy (non-hydrogen) atoms. The molecule has 0 bridgehead atoms. The molecule has 0 amide bonds. The summed E-state index contributed by atoms with van der Waals surface area (Å²) in [6.45, 7) is 3.67. The fourth-order valence-corrected chi connectivity index (χ4v) is 4.39. The number of aliphatic hydroxyl groups is 1. The summed E-state index contributed by atoms with van der Waals surface area (Å²) in [5.41, 5.74) is 1.56. The van der Waals surface area contributed by atoms with Gasteiger partial charge in [-0.1, -0.05) is 25.3 Å². The SMILES string of the molecule is Cc1ccc(S(=O)(=O)NC(C)C2CCCCC2)cc1CO. The van der Waals surface area contributed by atoms with Gasteiger partial charge in [0.05, 0.1) is 11.5 Å². The van der Waals surface area contributed by atoms with Crippen molar-refractivity contribution in [2.45, 2.75) is 63.5 Å². The molecule has 0 spiro atoms. The first-order chi connectivity index (χ1) is 9.94. The molecule has 0 radical (unpaired) electrons. The van der Waals surface area contributed by atoms with Crippen molar-refractivity contribution in [3.8, 4) is 0 Å². The second kappa shape index (κ2) is 6.90. The molecule has 1 fully saturated rings. The van der Waals surface area contributed by atoms with E-state index >= 15 is 0 Å². The highest BCUT2D eigenvalue weighted by Crippen LogP contribution is 2.27. The minimum Gasteiger partial charge on any atom is -0.392 e. The Hall–Kier alpha value is -0.910. The van der Waals surface area contributed by atoms with Crippen molar-refractivity contribution < 1.29 is 13.5 Å². The zero-order chi connectivity index (χ0) is 15.5. The van der Waals surface area contributed by atoms with Crippen LogP contribution in [0.25, 0.3) is 0 Å². The summed E-state index contributed by atoms with van der Waals surface area (Å²) in [4.78, 5) is 0.236. The summed E-state index contributed by atoms with van der Waals surface area (Å²) in [5.74, 6) is 0.427. The van der Waals surface area contributed by atoms with Crippen molar-refractivity contribution in [3.05, 3.63) is 29.3 Å². The van der Waals surface area contributed by atoms with Crippen LogP contribution in [-0.2, 0) is 16.6 Å². The predicted molar refractivity (Wildman–Crippen MR) is 83.5 cm³/mol. The number of nitrogens with one attached hydrogen (secondary N) is 1. The highest BCUT2D eigenvalue weighted by molar-refractivity contribution is 7.89. The van der Waals surface area contributed by atoms with Gasteiger partial charge in [-0.2, -0.15) is 0 Å². The van der Waals surface area contributed by atoms with Gasteiger partial charge in [0.2, 0.25) is 10.0 Å². The quantitative estimate of drug-likeness (QED) is 0.878. The molecule has 1 aromatic rings. The molecule has 4 nitrogen and oxygen atoms in total. The van der Waals surface area contributed by atoms with E-state index in [-0.39, 0.29) is 17.5 Å². The molecule has 5 heteroatoms. The number of hydrogen-bond donors (Lipinski definition) is 2. The van der Waals surface area contributed by atoms with E-state index in [2.05, 4.69) is 4.72 Å². The van der Waals surface area contributed by atoms with Crippen molar-refractivity contribution in [1.29, 1.82) is 0 Å². The van der Waals surface area contributed by atoms with Gasteiger partial charge in [-0.15, -0.1) is 0 Å². The second-order valence-corrected chi connectivity index (χ2v) is 7.77. The van der Waals surface area contributed by atoms with Crippen molar-refractivity contribution in [2.75, 3.05) is 0 Å². The molecule has 1 aromatic carbocycles. The average molecular weight is 311 g/mol. The van der Waals surface area contributed by atoms with E-state index in [0.717, 1.165) is 18.4 Å². The standard InChI is InChI=1S/C16H25NO3S/c1-12-8-9-16(10-15(12)11-18)21(19,20)17-13(2)14-6-4-3-5-7-14/h8-10,13-14,17-18H,3-7,11H2,1-2H3. The zero-order valence-electron chi connectivity index (χ0n) is 12.8. The summed E-state index contributed by atoms with van der Waals surface area (Å²) in [5, 5.41) is 9.28. The first-order valence-corrected chi connectivity index (χ1v) is 9.15. The Labute approximate surface area is 127 Å². The van der Waals surface area contributed by atoms with Gasteiger partial charge < -0.3 is 5.11 Å². The number of aliphatic hydroxyl groups excluding tert-OH is 1. The molecule has 1 unspecified atom stereocenters. The fourth-order valence-electron chi connectivity index (χ4n) is 3.03. The Morgan fingerprint density at radius 1 is 1.29 bits per heavy atom. The number of benzene rings is 1. The van der Waals surface area contributed by atoms with E-state index in [1.807, 2.05) is 13.8 Å². The lowest BCUT2D eigenvalue weighted by Crippen LogP contribution is -2.38. The van der Waals surface area contributed by atoms with Gasteiger partial charge in [-0.25, -0.2) is 13.1 Å². The van der Waals surface area contributed by atoms with Crippen LogP contribution in [0.15, 0.2) is 23.1 Å². The Morgan fingerprint density at radius 2 is 1.95 bits per heavy atom. The monoisotopic (exact) mass is 311 g/mol. The van der Waals surface area contributed by atoms with Crippen LogP contribution in [-0.4, -0.2) is 19.6 Å². The maximum atomic E-state index is 12.5. The number of rotatable bonds is 5. The average Bonchev–Trinajstić information content (AvgIpc) is 2.48. The van der Waals surface area contributed by atoms with Crippen LogP contribution in [0.5, 0.6) is 0 Å². The first kappa shape index (κ1) is 16.5. The molecule has 118 valence electrons. The van der Waals surface area contributed by atoms with E-state index in [1.54, 1.807) is 18.2 Å². The Bertz CT molecular complexity index is 577. The van der Waals surface area contributed by atoms with Gasteiger partial charge >= 0.3 is 0 Å². The van der Waals surface area contributed by atoms with E-state index < -0.39 is 10.0 Å². The van der Waals surface area contributed by atoms with Gasteiger partial charge in [-0.3, -0.25) is 0 Å². The minimum absolute atomic E-state index is 0.0471. The lowest BCUT2D eigenvalue weighted by molar-refractivity contribution is 0.280. The van der Waals surface area contributed by atoms with Gasteiger partial charge in [0.1, 0.15) is 0 Å². The molecule has 0 saturated heterocycles. The van der Waals surface area contributed by atoms with Crippen LogP contribution in [0.2, 0.25) is 0 Å². The van der Waals surface area contributed by atoms with Crippen molar-refractivity contribution in [2.24, 2.45) is 5.92 Å². The van der Waals surface area contributed by atoms with Crippen LogP contribution in [0.1, 0.15) is 50.2 Å². The minimum atomic E-state index is -3.52. The zero-order valence-corrected chi connectivity index (χ0v) is 13.6. The van der Waals surface area contributed by atoms with Gasteiger partial charge in [0.25, 0.3) is 0 Å². The number of sulfonamides is 1. The third-order valence-electron chi connectivity index (χ3n) is 4.50. The van der Waals surface area contributed by atoms with Crippen LogP contribution >= 0.6 is 0 Å². The van der Waals surface area contributed by atoms with Gasteiger partial charge in [0, 0.05) is 6.04 Å². The normalized spacial score (nSPS) is 18.6. The van der Waals surface area contributed by atoms with E-state index in [9.17, 15) is 13.5 Å². The lowest BCUT2D eigenvalue weighted by Gasteiger charge is -2.28. The smallest absolute Gasteiger partial charge is 0.240 e. The summed E-state index contributed by atoms with van der Waals surface area (Å²) < 4.78 is 27.7. The van der Waals surface area contributed by atoms with E-state index in [4.69, 9.17) is 0 Å². The third kappa shape index (κ3) is 4.05. The van der Waals surface area contributed by atoms with Crippen molar-refractivity contribution in [1.82, 2.24) is 4.72 Å². The van der Waals surface area contributed by atoms with Gasteiger partial charge in [-0.05, 0) is 55.9 Å². The molecule has 0 heterocycles. The number of aryl methyl sites for hydroxylation is 1. The Kier molecular flexibility index (Phi) is 5.41. The molecular formula is C16H25NO3S. The summed E-state index contributed by atoms with van der Waals surface area (Å²) in [6.07, 6.45) is 5.83. The second-order valence-electron chi connectivity index (χ2n) is 6.05. The Balaban J connectivity index is 2.14. The summed E-state index contributed by atoms with van der Waals surface area (Å²) >= 11 is 0. The van der Waals surface area contributed by atoms with E-state index in [0.29, 0.717) is 11.5 Å². The topological polar surface area (TPSA) is 66.4 Å². The molecule has 0 aromatic heterocycles. The van der Waals surface area contributed by atoms with Crippen LogP contribution in [0.3, 0.4) is 0 Å². The fraction of sp³-hybridized carbons (Fsp3) is 0.625. The maximum Gasteiger partial charge on any atom is 0.240 e. The molecule has 0 aliphatic heterocycles. The number of hydrogen-bond acceptors (Lipinski definition) is 3. The van der Waals surface area contributed by atoms with E-state index in [1.165, 1.54) is 19.3 Å². The summed E-state index contributed by atoms with van der Waals surface area (Å²) in [7, 11) is -3.52. The van der Waals surface area contributed by atoms with Crippen molar-refractivity contribution in [3.63, 3.8) is 0 Å². The molecule has 1 atom stereocenters. The highest BCUT2D eigenvalue weighted by atomic mass is 32.2. The molecule has 1 aliphatic rings. The predicted octanol–water partition coefficient (Wildman–Crippen LogP) is 2.73. The molecule has 2 N–H and O–H groups in total. The van der Waals surface area contributed by atoms with Crippen LogP contribution < -0.4 is 4.72 Å². The summed E-state index contributed by atoms with van der Waals surface area (Å²) in [6, 6.07) is 4.86. The molecule has 2 rings (SSSR count).